The lowest BCUT2D eigenvalue weighted by atomic mass is 9.95. The third kappa shape index (κ3) is 4.77. The first-order valence-electron chi connectivity index (χ1n) is 10.3. The Morgan fingerprint density at radius 1 is 0.741 bits per heavy atom. The van der Waals surface area contributed by atoms with Gasteiger partial charge in [-0.2, -0.15) is 0 Å². The van der Waals surface area contributed by atoms with E-state index in [0.717, 1.165) is 6.54 Å². The van der Waals surface area contributed by atoms with Crippen molar-refractivity contribution in [1.29, 1.82) is 0 Å². The van der Waals surface area contributed by atoms with Gasteiger partial charge in [-0.15, -0.1) is 0 Å². The molecule has 0 saturated carbocycles. The number of rotatable bonds is 6. The molecule has 0 aromatic heterocycles. The zero-order valence-electron chi connectivity index (χ0n) is 16.3. The molecule has 3 aromatic rings. The Morgan fingerprint density at radius 2 is 1.41 bits per heavy atom. The number of benzene rings is 3. The van der Waals surface area contributed by atoms with Crippen LogP contribution in [-0.4, -0.2) is 42.5 Å². The molecule has 0 spiro atoms. The van der Waals surface area contributed by atoms with E-state index in [1.54, 1.807) is 0 Å². The largest absolute Gasteiger partial charge is 0.301 e. The van der Waals surface area contributed by atoms with Crippen LogP contribution in [-0.2, 0) is 6.54 Å². The molecule has 2 nitrogen and oxygen atoms in total. The Bertz CT molecular complexity index is 850. The topological polar surface area (TPSA) is 6.48 Å². The first-order chi connectivity index (χ1) is 13.3. The third-order valence-electron chi connectivity index (χ3n) is 5.93. The summed E-state index contributed by atoms with van der Waals surface area (Å²) in [6.07, 6.45) is 1.23. The molecule has 4 rings (SSSR count). The van der Waals surface area contributed by atoms with Gasteiger partial charge in [0, 0.05) is 32.7 Å². The Hall–Kier alpha value is -2.16. The molecule has 1 unspecified atom stereocenters. The fourth-order valence-electron chi connectivity index (χ4n) is 4.07. The van der Waals surface area contributed by atoms with Crippen molar-refractivity contribution < 1.29 is 0 Å². The van der Waals surface area contributed by atoms with Gasteiger partial charge in [0.05, 0.1) is 0 Å². The van der Waals surface area contributed by atoms with E-state index in [0.29, 0.717) is 5.92 Å². The second kappa shape index (κ2) is 8.69. The van der Waals surface area contributed by atoms with Crippen molar-refractivity contribution in [2.75, 3.05) is 32.7 Å². The molecular weight excluding hydrogens is 328 g/mol. The van der Waals surface area contributed by atoms with Gasteiger partial charge in [0.2, 0.25) is 0 Å². The highest BCUT2D eigenvalue weighted by molar-refractivity contribution is 5.83. The maximum atomic E-state index is 2.64. The third-order valence-corrected chi connectivity index (χ3v) is 5.93. The van der Waals surface area contributed by atoms with Crippen LogP contribution < -0.4 is 0 Å². The van der Waals surface area contributed by atoms with Gasteiger partial charge in [-0.3, -0.25) is 4.90 Å². The minimum atomic E-state index is 0.608. The summed E-state index contributed by atoms with van der Waals surface area (Å²) in [4.78, 5) is 5.22. The molecule has 1 fully saturated rings. The summed E-state index contributed by atoms with van der Waals surface area (Å²) in [7, 11) is 0. The predicted octanol–water partition coefficient (Wildman–Crippen LogP) is 5.15. The van der Waals surface area contributed by atoms with Crippen LogP contribution in [0.5, 0.6) is 0 Å². The second-order valence-corrected chi connectivity index (χ2v) is 7.90. The summed E-state index contributed by atoms with van der Waals surface area (Å²) in [6.45, 7) is 9.40. The van der Waals surface area contributed by atoms with Crippen LogP contribution in [0.2, 0.25) is 0 Å². The van der Waals surface area contributed by atoms with Gasteiger partial charge in [-0.1, -0.05) is 79.7 Å². The van der Waals surface area contributed by atoms with E-state index in [4.69, 9.17) is 0 Å². The van der Waals surface area contributed by atoms with Crippen molar-refractivity contribution in [3.63, 3.8) is 0 Å². The summed E-state index contributed by atoms with van der Waals surface area (Å²) in [5, 5.41) is 2.69. The van der Waals surface area contributed by atoms with E-state index in [9.17, 15) is 0 Å². The molecule has 0 amide bonds. The fraction of sp³-hybridized carbons (Fsp3) is 0.360. The van der Waals surface area contributed by atoms with Crippen LogP contribution in [0, 0.1) is 0 Å². The monoisotopic (exact) mass is 358 g/mol. The van der Waals surface area contributed by atoms with Crippen molar-refractivity contribution in [3.05, 3.63) is 83.9 Å². The molecule has 3 aromatic carbocycles. The van der Waals surface area contributed by atoms with Gasteiger partial charge in [-0.25, -0.2) is 0 Å². The molecule has 1 aliphatic heterocycles. The molecule has 0 radical (unpaired) electrons. The van der Waals surface area contributed by atoms with Crippen LogP contribution in [0.4, 0.5) is 0 Å². The van der Waals surface area contributed by atoms with E-state index in [2.05, 4.69) is 89.5 Å². The Morgan fingerprint density at radius 3 is 2.19 bits per heavy atom. The smallest absolute Gasteiger partial charge is 0.0234 e. The zero-order chi connectivity index (χ0) is 18.5. The van der Waals surface area contributed by atoms with Crippen LogP contribution in [0.1, 0.15) is 30.4 Å². The van der Waals surface area contributed by atoms with E-state index < -0.39 is 0 Å². The van der Waals surface area contributed by atoms with Gasteiger partial charge >= 0.3 is 0 Å². The van der Waals surface area contributed by atoms with E-state index >= 15 is 0 Å². The summed E-state index contributed by atoms with van der Waals surface area (Å²) >= 11 is 0. The van der Waals surface area contributed by atoms with Crippen LogP contribution in [0.3, 0.4) is 0 Å². The molecule has 2 heteroatoms. The van der Waals surface area contributed by atoms with Crippen molar-refractivity contribution in [3.8, 4) is 0 Å². The molecule has 1 atom stereocenters. The van der Waals surface area contributed by atoms with E-state index in [1.165, 1.54) is 61.0 Å². The number of nitrogens with zero attached hydrogens (tertiary/aromatic N) is 2. The van der Waals surface area contributed by atoms with Gasteiger partial charge in [0.25, 0.3) is 0 Å². The molecule has 0 bridgehead atoms. The van der Waals surface area contributed by atoms with Gasteiger partial charge in [-0.05, 0) is 40.8 Å². The standard InChI is InChI=1S/C25H30N2/c1-21(24-12-11-23-9-5-6-10-25(23)19-24)13-14-26-15-17-27(18-16-26)20-22-7-3-2-4-8-22/h2-12,19,21H,13-18,20H2,1H3. The normalized spacial score (nSPS) is 17.2. The number of hydrogen-bond donors (Lipinski definition) is 0. The first-order valence-corrected chi connectivity index (χ1v) is 10.3. The molecule has 1 heterocycles. The average Bonchev–Trinajstić information content (AvgIpc) is 2.73. The second-order valence-electron chi connectivity index (χ2n) is 7.90. The highest BCUT2D eigenvalue weighted by Gasteiger charge is 2.17. The zero-order valence-corrected chi connectivity index (χ0v) is 16.3. The van der Waals surface area contributed by atoms with Gasteiger partial charge < -0.3 is 4.90 Å². The first kappa shape index (κ1) is 18.2. The average molecular weight is 359 g/mol. The van der Waals surface area contributed by atoms with E-state index in [-0.39, 0.29) is 0 Å². The Kier molecular flexibility index (Phi) is 5.86. The molecule has 0 N–H and O–H groups in total. The lowest BCUT2D eigenvalue weighted by Gasteiger charge is -2.35. The van der Waals surface area contributed by atoms with Crippen LogP contribution in [0.25, 0.3) is 10.8 Å². The lowest BCUT2D eigenvalue weighted by Crippen LogP contribution is -2.46. The predicted molar refractivity (Wildman–Crippen MR) is 115 cm³/mol. The highest BCUT2D eigenvalue weighted by Crippen LogP contribution is 2.24. The summed E-state index contributed by atoms with van der Waals surface area (Å²) < 4.78 is 0. The number of hydrogen-bond acceptors (Lipinski definition) is 2. The quantitative estimate of drug-likeness (QED) is 0.601. The van der Waals surface area contributed by atoms with Crippen LogP contribution >= 0.6 is 0 Å². The highest BCUT2D eigenvalue weighted by atomic mass is 15.3. The Balaban J connectivity index is 1.25. The van der Waals surface area contributed by atoms with Crippen molar-refractivity contribution >= 4 is 10.8 Å². The molecular formula is C25H30N2. The molecule has 1 saturated heterocycles. The Labute approximate surface area is 163 Å². The molecule has 27 heavy (non-hydrogen) atoms. The van der Waals surface area contributed by atoms with Crippen molar-refractivity contribution in [2.24, 2.45) is 0 Å². The fourth-order valence-corrected chi connectivity index (χ4v) is 4.07. The minimum absolute atomic E-state index is 0.608. The number of fused-ring (bicyclic) bond motifs is 1. The van der Waals surface area contributed by atoms with Crippen LogP contribution in [0.15, 0.2) is 72.8 Å². The number of piperazine rings is 1. The van der Waals surface area contributed by atoms with Gasteiger partial charge in [0.1, 0.15) is 0 Å². The van der Waals surface area contributed by atoms with E-state index in [1.807, 2.05) is 0 Å². The lowest BCUT2D eigenvalue weighted by molar-refractivity contribution is 0.125. The van der Waals surface area contributed by atoms with Crippen molar-refractivity contribution in [2.45, 2.75) is 25.8 Å². The van der Waals surface area contributed by atoms with Crippen molar-refractivity contribution in [1.82, 2.24) is 9.80 Å². The minimum Gasteiger partial charge on any atom is -0.301 e. The summed E-state index contributed by atoms with van der Waals surface area (Å²) in [5.74, 6) is 0.608. The molecule has 1 aliphatic rings. The maximum absolute atomic E-state index is 2.64. The summed E-state index contributed by atoms with van der Waals surface area (Å²) in [6, 6.07) is 26.4. The molecule has 0 aliphatic carbocycles. The maximum Gasteiger partial charge on any atom is 0.0234 e. The van der Waals surface area contributed by atoms with Gasteiger partial charge in [0.15, 0.2) is 0 Å². The molecule has 140 valence electrons. The summed E-state index contributed by atoms with van der Waals surface area (Å²) in [5.41, 5.74) is 2.90. The SMILES string of the molecule is CC(CCN1CCN(Cc2ccccc2)CC1)c1ccc2ccccc2c1.